The van der Waals surface area contributed by atoms with E-state index in [9.17, 15) is 9.59 Å². The highest BCUT2D eigenvalue weighted by molar-refractivity contribution is 5.90. The summed E-state index contributed by atoms with van der Waals surface area (Å²) in [7, 11) is 0. The SMILES string of the molecule is CCCC1CC(=O)N(Cc2ccc(C(=O)NN)o2)C1. The molecule has 1 aromatic rings. The van der Waals surface area contributed by atoms with Crippen LogP contribution in [0.3, 0.4) is 0 Å². The van der Waals surface area contributed by atoms with Crippen LogP contribution >= 0.6 is 0 Å². The van der Waals surface area contributed by atoms with Crippen molar-refractivity contribution in [1.82, 2.24) is 10.3 Å². The first-order valence-electron chi connectivity index (χ1n) is 6.51. The fraction of sp³-hybridized carbons (Fsp3) is 0.538. The Morgan fingerprint density at radius 2 is 2.37 bits per heavy atom. The van der Waals surface area contributed by atoms with E-state index in [0.29, 0.717) is 24.6 Å². The summed E-state index contributed by atoms with van der Waals surface area (Å²) in [5.41, 5.74) is 2.01. The van der Waals surface area contributed by atoms with Gasteiger partial charge in [0.25, 0.3) is 0 Å². The molecule has 1 fully saturated rings. The molecule has 1 atom stereocenters. The summed E-state index contributed by atoms with van der Waals surface area (Å²) in [6, 6.07) is 3.26. The highest BCUT2D eigenvalue weighted by Crippen LogP contribution is 2.24. The molecule has 1 aliphatic rings. The topological polar surface area (TPSA) is 88.6 Å². The van der Waals surface area contributed by atoms with Crippen molar-refractivity contribution in [2.24, 2.45) is 11.8 Å². The molecule has 2 heterocycles. The van der Waals surface area contributed by atoms with Gasteiger partial charge in [-0.1, -0.05) is 13.3 Å². The first-order valence-corrected chi connectivity index (χ1v) is 6.51. The van der Waals surface area contributed by atoms with Gasteiger partial charge < -0.3 is 9.32 Å². The molecule has 3 N–H and O–H groups in total. The van der Waals surface area contributed by atoms with Crippen molar-refractivity contribution in [2.45, 2.75) is 32.7 Å². The molecular weight excluding hydrogens is 246 g/mol. The Morgan fingerprint density at radius 3 is 3.05 bits per heavy atom. The van der Waals surface area contributed by atoms with Crippen LogP contribution in [0.4, 0.5) is 0 Å². The molecule has 0 aliphatic carbocycles. The van der Waals surface area contributed by atoms with Gasteiger partial charge >= 0.3 is 5.91 Å². The van der Waals surface area contributed by atoms with Crippen LogP contribution in [0.25, 0.3) is 0 Å². The Balaban J connectivity index is 1.96. The molecular formula is C13H19N3O3. The van der Waals surface area contributed by atoms with Gasteiger partial charge in [-0.25, -0.2) is 5.84 Å². The fourth-order valence-electron chi connectivity index (χ4n) is 2.45. The van der Waals surface area contributed by atoms with Gasteiger partial charge in [-0.05, 0) is 24.5 Å². The van der Waals surface area contributed by atoms with E-state index in [-0.39, 0.29) is 11.7 Å². The van der Waals surface area contributed by atoms with Gasteiger partial charge in [-0.3, -0.25) is 15.0 Å². The lowest BCUT2D eigenvalue weighted by Crippen LogP contribution is -2.29. The quantitative estimate of drug-likeness (QED) is 0.473. The van der Waals surface area contributed by atoms with E-state index >= 15 is 0 Å². The second-order valence-corrected chi connectivity index (χ2v) is 4.87. The zero-order chi connectivity index (χ0) is 13.8. The monoisotopic (exact) mass is 265 g/mol. The Bertz CT molecular complexity index is 469. The van der Waals surface area contributed by atoms with E-state index < -0.39 is 5.91 Å². The van der Waals surface area contributed by atoms with Crippen LogP contribution < -0.4 is 11.3 Å². The molecule has 1 aromatic heterocycles. The zero-order valence-electron chi connectivity index (χ0n) is 11.0. The number of carbonyl (C=O) groups excluding carboxylic acids is 2. The maximum atomic E-state index is 11.8. The predicted octanol–water partition coefficient (Wildman–Crippen LogP) is 1.03. The number of rotatable bonds is 5. The minimum atomic E-state index is -0.470. The van der Waals surface area contributed by atoms with Crippen LogP contribution in [-0.4, -0.2) is 23.3 Å². The molecule has 104 valence electrons. The van der Waals surface area contributed by atoms with Crippen molar-refractivity contribution in [2.75, 3.05) is 6.54 Å². The van der Waals surface area contributed by atoms with Gasteiger partial charge in [-0.15, -0.1) is 0 Å². The molecule has 0 aromatic carbocycles. The lowest BCUT2D eigenvalue weighted by atomic mass is 10.0. The van der Waals surface area contributed by atoms with E-state index in [4.69, 9.17) is 10.3 Å². The lowest BCUT2D eigenvalue weighted by Gasteiger charge is -2.14. The largest absolute Gasteiger partial charge is 0.454 e. The molecule has 0 bridgehead atoms. The summed E-state index contributed by atoms with van der Waals surface area (Å²) >= 11 is 0. The molecule has 0 spiro atoms. The van der Waals surface area contributed by atoms with Crippen LogP contribution in [0.5, 0.6) is 0 Å². The van der Waals surface area contributed by atoms with E-state index in [1.165, 1.54) is 0 Å². The molecule has 2 rings (SSSR count). The average Bonchev–Trinajstić information content (AvgIpc) is 2.98. The molecule has 1 unspecified atom stereocenters. The number of nitrogens with two attached hydrogens (primary N) is 1. The van der Waals surface area contributed by atoms with E-state index in [1.807, 2.05) is 5.43 Å². The molecule has 2 amide bonds. The van der Waals surface area contributed by atoms with E-state index in [0.717, 1.165) is 19.4 Å². The Labute approximate surface area is 111 Å². The predicted molar refractivity (Wildman–Crippen MR) is 68.8 cm³/mol. The van der Waals surface area contributed by atoms with Crippen LogP contribution in [0, 0.1) is 5.92 Å². The second-order valence-electron chi connectivity index (χ2n) is 4.87. The summed E-state index contributed by atoms with van der Waals surface area (Å²) in [4.78, 5) is 24.9. The Hall–Kier alpha value is -1.82. The fourth-order valence-corrected chi connectivity index (χ4v) is 2.45. The van der Waals surface area contributed by atoms with Crippen LogP contribution in [0.1, 0.15) is 42.5 Å². The van der Waals surface area contributed by atoms with Gasteiger partial charge in [0.2, 0.25) is 5.91 Å². The number of likely N-dealkylation sites (tertiary alicyclic amines) is 1. The van der Waals surface area contributed by atoms with Crippen LogP contribution in [-0.2, 0) is 11.3 Å². The third-order valence-corrected chi connectivity index (χ3v) is 3.35. The molecule has 0 saturated carbocycles. The van der Waals surface area contributed by atoms with Crippen LogP contribution in [0.15, 0.2) is 16.5 Å². The normalized spacial score (nSPS) is 18.9. The number of carbonyl (C=O) groups is 2. The number of hydrogen-bond donors (Lipinski definition) is 2. The number of nitrogens with zero attached hydrogens (tertiary/aromatic N) is 1. The van der Waals surface area contributed by atoms with Crippen LogP contribution in [0.2, 0.25) is 0 Å². The Kier molecular flexibility index (Phi) is 4.21. The average molecular weight is 265 g/mol. The number of nitrogen functional groups attached to an aromatic ring is 1. The van der Waals surface area contributed by atoms with Crippen molar-refractivity contribution in [3.63, 3.8) is 0 Å². The summed E-state index contributed by atoms with van der Waals surface area (Å²) in [6.07, 6.45) is 2.78. The number of hydrogen-bond acceptors (Lipinski definition) is 4. The standard InChI is InChI=1S/C13H19N3O3/c1-2-3-9-6-12(17)16(7-9)8-10-4-5-11(19-10)13(18)15-14/h4-5,9H,2-3,6-8,14H2,1H3,(H,15,18). The van der Waals surface area contributed by atoms with Gasteiger partial charge in [0, 0.05) is 13.0 Å². The maximum Gasteiger partial charge on any atom is 0.300 e. The number of nitrogens with one attached hydrogen (secondary N) is 1. The highest BCUT2D eigenvalue weighted by Gasteiger charge is 2.29. The molecule has 6 heteroatoms. The van der Waals surface area contributed by atoms with Gasteiger partial charge in [0.15, 0.2) is 5.76 Å². The van der Waals surface area contributed by atoms with E-state index in [2.05, 4.69) is 6.92 Å². The highest BCUT2D eigenvalue weighted by atomic mass is 16.4. The summed E-state index contributed by atoms with van der Waals surface area (Å²) in [6.45, 7) is 3.31. The van der Waals surface area contributed by atoms with Crippen molar-refractivity contribution < 1.29 is 14.0 Å². The lowest BCUT2D eigenvalue weighted by molar-refractivity contribution is -0.128. The molecule has 1 aliphatic heterocycles. The maximum absolute atomic E-state index is 11.8. The molecule has 6 nitrogen and oxygen atoms in total. The van der Waals surface area contributed by atoms with Gasteiger partial charge in [0.1, 0.15) is 5.76 Å². The van der Waals surface area contributed by atoms with Crippen molar-refractivity contribution in [3.05, 3.63) is 23.7 Å². The summed E-state index contributed by atoms with van der Waals surface area (Å²) in [5, 5.41) is 0. The number of furan rings is 1. The van der Waals surface area contributed by atoms with Gasteiger partial charge in [-0.2, -0.15) is 0 Å². The third-order valence-electron chi connectivity index (χ3n) is 3.35. The first kappa shape index (κ1) is 13.6. The van der Waals surface area contributed by atoms with Crippen molar-refractivity contribution >= 4 is 11.8 Å². The smallest absolute Gasteiger partial charge is 0.300 e. The Morgan fingerprint density at radius 1 is 1.58 bits per heavy atom. The summed E-state index contributed by atoms with van der Waals surface area (Å²) in [5.74, 6) is 5.92. The van der Waals surface area contributed by atoms with Crippen molar-refractivity contribution in [3.8, 4) is 0 Å². The van der Waals surface area contributed by atoms with Crippen molar-refractivity contribution in [1.29, 1.82) is 0 Å². The molecule has 1 saturated heterocycles. The third kappa shape index (κ3) is 3.14. The second kappa shape index (κ2) is 5.88. The number of hydrazine groups is 1. The molecule has 0 radical (unpaired) electrons. The zero-order valence-corrected chi connectivity index (χ0v) is 11.0. The number of amides is 2. The summed E-state index contributed by atoms with van der Waals surface area (Å²) < 4.78 is 5.36. The van der Waals surface area contributed by atoms with Gasteiger partial charge in [0.05, 0.1) is 6.54 Å². The first-order chi connectivity index (χ1) is 9.13. The van der Waals surface area contributed by atoms with E-state index in [1.54, 1.807) is 17.0 Å². The molecule has 19 heavy (non-hydrogen) atoms. The minimum Gasteiger partial charge on any atom is -0.454 e. The minimum absolute atomic E-state index is 0.152.